The van der Waals surface area contributed by atoms with Crippen molar-refractivity contribution in [3.05, 3.63) is 28.8 Å². The predicted octanol–water partition coefficient (Wildman–Crippen LogP) is 4.34. The van der Waals surface area contributed by atoms with E-state index in [1.807, 2.05) is 0 Å². The number of halogens is 4. The van der Waals surface area contributed by atoms with Gasteiger partial charge in [0.1, 0.15) is 0 Å². The number of ether oxygens (including phenoxy) is 1. The van der Waals surface area contributed by atoms with E-state index in [1.165, 1.54) is 12.1 Å². The molecule has 2 nitrogen and oxygen atoms in total. The van der Waals surface area contributed by atoms with Crippen molar-refractivity contribution in [3.8, 4) is 0 Å². The zero-order valence-electron chi connectivity index (χ0n) is 10.3. The average Bonchev–Trinajstić information content (AvgIpc) is 2.59. The quantitative estimate of drug-likeness (QED) is 0.876. The molecule has 0 aromatic heterocycles. The Kier molecular flexibility index (Phi) is 4.58. The summed E-state index contributed by atoms with van der Waals surface area (Å²) in [6, 6.07) is 3.81. The summed E-state index contributed by atoms with van der Waals surface area (Å²) < 4.78 is 44.1. The van der Waals surface area contributed by atoms with E-state index in [0.717, 1.165) is 18.9 Å². The molecule has 1 aromatic carbocycles. The van der Waals surface area contributed by atoms with Gasteiger partial charge in [0.25, 0.3) is 0 Å². The van der Waals surface area contributed by atoms with E-state index in [9.17, 15) is 13.2 Å². The van der Waals surface area contributed by atoms with Crippen LogP contribution < -0.4 is 5.32 Å². The van der Waals surface area contributed by atoms with Crippen LogP contribution >= 0.6 is 11.6 Å². The minimum Gasteiger partial charge on any atom is -0.382 e. The van der Waals surface area contributed by atoms with Crippen molar-refractivity contribution < 1.29 is 17.9 Å². The van der Waals surface area contributed by atoms with Crippen LogP contribution in [0.3, 0.4) is 0 Å². The van der Waals surface area contributed by atoms with Gasteiger partial charge in [0.2, 0.25) is 0 Å². The zero-order chi connectivity index (χ0) is 13.9. The summed E-state index contributed by atoms with van der Waals surface area (Å²) >= 11 is 5.64. The highest BCUT2D eigenvalue weighted by atomic mass is 35.5. The average molecular weight is 294 g/mol. The van der Waals surface area contributed by atoms with Gasteiger partial charge in [-0.3, -0.25) is 0 Å². The summed E-state index contributed by atoms with van der Waals surface area (Å²) in [6.07, 6.45) is -2.04. The lowest BCUT2D eigenvalue weighted by molar-refractivity contribution is -0.137. The van der Waals surface area contributed by atoms with E-state index in [-0.39, 0.29) is 16.8 Å². The molecule has 1 saturated heterocycles. The van der Waals surface area contributed by atoms with Crippen molar-refractivity contribution in [1.82, 2.24) is 0 Å². The first-order valence-electron chi connectivity index (χ1n) is 6.18. The number of anilines is 1. The maximum absolute atomic E-state index is 12.9. The van der Waals surface area contributed by atoms with Gasteiger partial charge in [0.05, 0.1) is 5.56 Å². The number of rotatable bonds is 2. The number of benzene rings is 1. The molecule has 1 atom stereocenters. The molecule has 0 bridgehead atoms. The molecule has 0 saturated carbocycles. The predicted molar refractivity (Wildman–Crippen MR) is 68.5 cm³/mol. The van der Waals surface area contributed by atoms with Crippen molar-refractivity contribution in [2.75, 3.05) is 18.5 Å². The molecule has 1 aliphatic heterocycles. The lowest BCUT2D eigenvalue weighted by atomic mass is 10.1. The highest BCUT2D eigenvalue weighted by Gasteiger charge is 2.34. The van der Waals surface area contributed by atoms with E-state index in [0.29, 0.717) is 19.6 Å². The van der Waals surface area contributed by atoms with E-state index in [2.05, 4.69) is 5.32 Å². The Morgan fingerprint density at radius 2 is 2.00 bits per heavy atom. The van der Waals surface area contributed by atoms with Crippen LogP contribution in [0.25, 0.3) is 0 Å². The molecule has 0 aliphatic carbocycles. The maximum Gasteiger partial charge on any atom is 0.418 e. The first-order chi connectivity index (χ1) is 8.97. The smallest absolute Gasteiger partial charge is 0.382 e. The lowest BCUT2D eigenvalue weighted by Gasteiger charge is -2.21. The van der Waals surface area contributed by atoms with Crippen LogP contribution in [0.15, 0.2) is 18.2 Å². The fourth-order valence-electron chi connectivity index (χ4n) is 2.14. The SMILES string of the molecule is FC(F)(F)c1cc(Cl)ccc1NC1CCCOCC1. The molecule has 106 valence electrons. The van der Waals surface area contributed by atoms with Crippen molar-refractivity contribution in [3.63, 3.8) is 0 Å². The monoisotopic (exact) mass is 293 g/mol. The summed E-state index contributed by atoms with van der Waals surface area (Å²) in [4.78, 5) is 0. The van der Waals surface area contributed by atoms with Crippen LogP contribution in [0.4, 0.5) is 18.9 Å². The topological polar surface area (TPSA) is 21.3 Å². The summed E-state index contributed by atoms with van der Waals surface area (Å²) in [5.74, 6) is 0. The van der Waals surface area contributed by atoms with E-state index >= 15 is 0 Å². The third-order valence-corrected chi connectivity index (χ3v) is 3.33. The van der Waals surface area contributed by atoms with Gasteiger partial charge in [-0.05, 0) is 37.5 Å². The number of hydrogen-bond donors (Lipinski definition) is 1. The molecule has 0 amide bonds. The molecule has 1 heterocycles. The zero-order valence-corrected chi connectivity index (χ0v) is 11.0. The van der Waals surface area contributed by atoms with E-state index in [4.69, 9.17) is 16.3 Å². The van der Waals surface area contributed by atoms with Gasteiger partial charge in [-0.2, -0.15) is 13.2 Å². The second-order valence-corrected chi connectivity index (χ2v) is 5.01. The minimum atomic E-state index is -4.41. The Balaban J connectivity index is 2.19. The number of hydrogen-bond acceptors (Lipinski definition) is 2. The Hall–Kier alpha value is -0.940. The van der Waals surface area contributed by atoms with Gasteiger partial charge in [0.15, 0.2) is 0 Å². The van der Waals surface area contributed by atoms with Crippen molar-refractivity contribution in [1.29, 1.82) is 0 Å². The second-order valence-electron chi connectivity index (χ2n) is 4.57. The highest BCUT2D eigenvalue weighted by molar-refractivity contribution is 6.30. The van der Waals surface area contributed by atoms with Crippen molar-refractivity contribution in [2.24, 2.45) is 0 Å². The van der Waals surface area contributed by atoms with Crippen molar-refractivity contribution in [2.45, 2.75) is 31.5 Å². The van der Waals surface area contributed by atoms with Gasteiger partial charge in [0, 0.05) is 30.0 Å². The molecule has 0 spiro atoms. The molecular weight excluding hydrogens is 279 g/mol. The van der Waals surface area contributed by atoms with E-state index < -0.39 is 11.7 Å². The third kappa shape index (κ3) is 4.01. The summed E-state index contributed by atoms with van der Waals surface area (Å²) in [5, 5.41) is 3.05. The Bertz CT molecular complexity index is 428. The van der Waals surface area contributed by atoms with Crippen LogP contribution in [0, 0.1) is 0 Å². The van der Waals surface area contributed by atoms with Crippen LogP contribution in [0.2, 0.25) is 5.02 Å². The van der Waals surface area contributed by atoms with Gasteiger partial charge < -0.3 is 10.1 Å². The van der Waals surface area contributed by atoms with Crippen LogP contribution in [0.5, 0.6) is 0 Å². The Labute approximate surface area is 114 Å². The fourth-order valence-corrected chi connectivity index (χ4v) is 2.32. The Morgan fingerprint density at radius 1 is 1.21 bits per heavy atom. The molecule has 6 heteroatoms. The molecular formula is C13H15ClF3NO. The molecule has 1 fully saturated rings. The van der Waals surface area contributed by atoms with Gasteiger partial charge >= 0.3 is 6.18 Å². The van der Waals surface area contributed by atoms with Gasteiger partial charge in [-0.15, -0.1) is 0 Å². The van der Waals surface area contributed by atoms with Gasteiger partial charge in [-0.1, -0.05) is 11.6 Å². The van der Waals surface area contributed by atoms with Crippen LogP contribution in [-0.4, -0.2) is 19.3 Å². The largest absolute Gasteiger partial charge is 0.418 e. The molecule has 1 unspecified atom stereocenters. The summed E-state index contributed by atoms with van der Waals surface area (Å²) in [7, 11) is 0. The van der Waals surface area contributed by atoms with Gasteiger partial charge in [-0.25, -0.2) is 0 Å². The summed E-state index contributed by atoms with van der Waals surface area (Å²) in [6.45, 7) is 1.25. The molecule has 1 N–H and O–H groups in total. The van der Waals surface area contributed by atoms with Crippen LogP contribution in [0.1, 0.15) is 24.8 Å². The van der Waals surface area contributed by atoms with E-state index in [1.54, 1.807) is 0 Å². The first-order valence-corrected chi connectivity index (χ1v) is 6.55. The first kappa shape index (κ1) is 14.5. The molecule has 0 radical (unpaired) electrons. The normalized spacial score (nSPS) is 20.9. The van der Waals surface area contributed by atoms with Crippen molar-refractivity contribution >= 4 is 17.3 Å². The standard InChI is InChI=1S/C13H15ClF3NO/c14-9-3-4-12(11(8-9)13(15,16)17)18-10-2-1-6-19-7-5-10/h3-4,8,10,18H,1-2,5-7H2. The molecule has 2 rings (SSSR count). The number of nitrogens with one attached hydrogen (secondary N) is 1. The number of alkyl halides is 3. The Morgan fingerprint density at radius 3 is 2.74 bits per heavy atom. The van der Waals surface area contributed by atoms with Crippen LogP contribution in [-0.2, 0) is 10.9 Å². The summed E-state index contributed by atoms with van der Waals surface area (Å²) in [5.41, 5.74) is -0.631. The molecule has 1 aliphatic rings. The second kappa shape index (κ2) is 6.01. The highest BCUT2D eigenvalue weighted by Crippen LogP contribution is 2.37. The fraction of sp³-hybridized carbons (Fsp3) is 0.538. The molecule has 19 heavy (non-hydrogen) atoms. The molecule has 1 aromatic rings. The lowest BCUT2D eigenvalue weighted by Crippen LogP contribution is -2.22. The minimum absolute atomic E-state index is 0.00442. The maximum atomic E-state index is 12.9. The third-order valence-electron chi connectivity index (χ3n) is 3.10.